The molecule has 8 atom stereocenters. The molecule has 0 aromatic carbocycles. The predicted molar refractivity (Wildman–Crippen MR) is 110 cm³/mol. The summed E-state index contributed by atoms with van der Waals surface area (Å²) < 4.78 is 0. The summed E-state index contributed by atoms with van der Waals surface area (Å²) in [5.41, 5.74) is 1.45. The van der Waals surface area contributed by atoms with E-state index in [1.807, 2.05) is 6.92 Å². The second-order valence-electron chi connectivity index (χ2n) is 10.9. The van der Waals surface area contributed by atoms with Gasteiger partial charge in [-0.15, -0.1) is 12.3 Å². The van der Waals surface area contributed by atoms with Crippen LogP contribution >= 0.6 is 0 Å². The molecule has 0 heterocycles. The molecule has 0 aromatic rings. The lowest BCUT2D eigenvalue weighted by Crippen LogP contribution is -2.53. The molecule has 27 heavy (non-hydrogen) atoms. The number of hydrogen-bond acceptors (Lipinski definition) is 2. The first-order valence-corrected chi connectivity index (χ1v) is 11.3. The highest BCUT2D eigenvalue weighted by Crippen LogP contribution is 2.67. The van der Waals surface area contributed by atoms with Gasteiger partial charge in [-0.2, -0.15) is 0 Å². The van der Waals surface area contributed by atoms with Crippen LogP contribution in [0.25, 0.3) is 0 Å². The molecule has 2 nitrogen and oxygen atoms in total. The lowest BCUT2D eigenvalue weighted by atomic mass is 9.46. The van der Waals surface area contributed by atoms with E-state index in [1.165, 1.54) is 25.7 Å². The standard InChI is InChI=1S/C25H38O2/c1-5-6-13-25(4,27)22-10-9-20-19-8-7-17-16-18(26)11-14-23(17,2)21(19)12-15-24(20,22)3/h1,7,18-22,26-27H,6,8-16H2,2-4H3. The van der Waals surface area contributed by atoms with Gasteiger partial charge in [0, 0.05) is 6.42 Å². The monoisotopic (exact) mass is 370 g/mol. The van der Waals surface area contributed by atoms with Crippen LogP contribution < -0.4 is 0 Å². The van der Waals surface area contributed by atoms with Crippen molar-refractivity contribution in [1.82, 2.24) is 0 Å². The maximum atomic E-state index is 11.3. The molecule has 0 bridgehead atoms. The zero-order valence-corrected chi connectivity index (χ0v) is 17.5. The van der Waals surface area contributed by atoms with E-state index in [9.17, 15) is 10.2 Å². The van der Waals surface area contributed by atoms with E-state index in [0.717, 1.165) is 49.9 Å². The van der Waals surface area contributed by atoms with Crippen LogP contribution in [0.5, 0.6) is 0 Å². The largest absolute Gasteiger partial charge is 0.393 e. The molecule has 8 unspecified atom stereocenters. The van der Waals surface area contributed by atoms with Crippen molar-refractivity contribution in [3.05, 3.63) is 11.6 Å². The molecular formula is C25H38O2. The first-order chi connectivity index (χ1) is 12.7. The van der Waals surface area contributed by atoms with Crippen molar-refractivity contribution in [2.45, 2.75) is 96.7 Å². The van der Waals surface area contributed by atoms with Gasteiger partial charge in [0.05, 0.1) is 11.7 Å². The normalized spacial score (nSPS) is 48.4. The van der Waals surface area contributed by atoms with Gasteiger partial charge in [-0.05, 0) is 99.2 Å². The molecule has 0 amide bonds. The number of aliphatic hydroxyl groups excluding tert-OH is 1. The highest BCUT2D eigenvalue weighted by Gasteiger charge is 2.61. The number of rotatable bonds is 3. The van der Waals surface area contributed by atoms with Crippen molar-refractivity contribution in [3.63, 3.8) is 0 Å². The Labute approximate surface area is 165 Å². The number of terminal acetylenes is 1. The molecule has 0 saturated heterocycles. The smallest absolute Gasteiger partial charge is 0.0662 e. The molecule has 150 valence electrons. The lowest BCUT2D eigenvalue weighted by Gasteiger charge is -2.59. The molecule has 0 aromatic heterocycles. The molecule has 2 N–H and O–H groups in total. The second-order valence-corrected chi connectivity index (χ2v) is 10.9. The van der Waals surface area contributed by atoms with Gasteiger partial charge in [0.1, 0.15) is 0 Å². The Morgan fingerprint density at radius 2 is 1.96 bits per heavy atom. The van der Waals surface area contributed by atoms with Gasteiger partial charge >= 0.3 is 0 Å². The van der Waals surface area contributed by atoms with Crippen molar-refractivity contribution in [3.8, 4) is 12.3 Å². The van der Waals surface area contributed by atoms with Crippen molar-refractivity contribution in [2.24, 2.45) is 34.5 Å². The Bertz CT molecular complexity index is 656. The maximum absolute atomic E-state index is 11.3. The second kappa shape index (κ2) is 6.64. The number of hydrogen-bond donors (Lipinski definition) is 2. The average molecular weight is 371 g/mol. The highest BCUT2D eigenvalue weighted by molar-refractivity contribution is 5.25. The van der Waals surface area contributed by atoms with Gasteiger partial charge in [0.2, 0.25) is 0 Å². The van der Waals surface area contributed by atoms with Crippen LogP contribution in [0, 0.1) is 46.8 Å². The Kier molecular flexibility index (Phi) is 4.80. The van der Waals surface area contributed by atoms with Gasteiger partial charge in [0.15, 0.2) is 0 Å². The fraction of sp³-hybridized carbons (Fsp3) is 0.840. The van der Waals surface area contributed by atoms with Crippen LogP contribution in [-0.2, 0) is 0 Å². The van der Waals surface area contributed by atoms with Crippen LogP contribution in [0.1, 0.15) is 85.0 Å². The minimum absolute atomic E-state index is 0.128. The summed E-state index contributed by atoms with van der Waals surface area (Å²) in [7, 11) is 0. The van der Waals surface area contributed by atoms with Crippen LogP contribution in [0.15, 0.2) is 11.6 Å². The first kappa shape index (κ1) is 19.5. The van der Waals surface area contributed by atoms with Crippen LogP contribution in [0.3, 0.4) is 0 Å². The molecule has 2 heteroatoms. The topological polar surface area (TPSA) is 40.5 Å². The zero-order valence-electron chi connectivity index (χ0n) is 17.5. The fourth-order valence-electron chi connectivity index (χ4n) is 8.16. The molecule has 4 rings (SSSR count). The van der Waals surface area contributed by atoms with Crippen LogP contribution in [-0.4, -0.2) is 21.9 Å². The highest BCUT2D eigenvalue weighted by atomic mass is 16.3. The third kappa shape index (κ3) is 2.92. The summed E-state index contributed by atoms with van der Waals surface area (Å²) in [4.78, 5) is 0. The summed E-state index contributed by atoms with van der Waals surface area (Å²) in [5, 5.41) is 21.4. The Hall–Kier alpha value is -0.780. The molecule has 3 saturated carbocycles. The van der Waals surface area contributed by atoms with Crippen molar-refractivity contribution in [2.75, 3.05) is 0 Å². The van der Waals surface area contributed by atoms with Gasteiger partial charge in [0.25, 0.3) is 0 Å². The predicted octanol–water partition coefficient (Wildman–Crippen LogP) is 5.09. The molecule has 4 aliphatic rings. The molecule has 0 spiro atoms. The summed E-state index contributed by atoms with van der Waals surface area (Å²) in [5.74, 6) is 5.33. The lowest BCUT2D eigenvalue weighted by molar-refractivity contribution is -0.104. The Balaban J connectivity index is 1.60. The third-order valence-corrected chi connectivity index (χ3v) is 9.60. The average Bonchev–Trinajstić information content (AvgIpc) is 2.99. The van der Waals surface area contributed by atoms with E-state index < -0.39 is 5.60 Å². The minimum atomic E-state index is -0.642. The van der Waals surface area contributed by atoms with Gasteiger partial charge in [-0.25, -0.2) is 0 Å². The van der Waals surface area contributed by atoms with E-state index >= 15 is 0 Å². The van der Waals surface area contributed by atoms with Crippen molar-refractivity contribution < 1.29 is 10.2 Å². The van der Waals surface area contributed by atoms with Crippen LogP contribution in [0.4, 0.5) is 0 Å². The quantitative estimate of drug-likeness (QED) is 0.536. The number of fused-ring (bicyclic) bond motifs is 5. The van der Waals surface area contributed by atoms with Crippen molar-refractivity contribution >= 4 is 0 Å². The van der Waals surface area contributed by atoms with Crippen LogP contribution in [0.2, 0.25) is 0 Å². The molecule has 4 aliphatic carbocycles. The van der Waals surface area contributed by atoms with Gasteiger partial charge < -0.3 is 10.2 Å². The van der Waals surface area contributed by atoms with E-state index in [-0.39, 0.29) is 11.5 Å². The zero-order chi connectivity index (χ0) is 19.4. The van der Waals surface area contributed by atoms with Gasteiger partial charge in [-0.1, -0.05) is 25.5 Å². The fourth-order valence-corrected chi connectivity index (χ4v) is 8.16. The number of allylic oxidation sites excluding steroid dienone is 1. The molecule has 3 fully saturated rings. The summed E-state index contributed by atoms with van der Waals surface area (Å²) >= 11 is 0. The molecule has 0 radical (unpaired) electrons. The van der Waals surface area contributed by atoms with Gasteiger partial charge in [-0.3, -0.25) is 0 Å². The Morgan fingerprint density at radius 3 is 2.70 bits per heavy atom. The first-order valence-electron chi connectivity index (χ1n) is 11.3. The Morgan fingerprint density at radius 1 is 1.19 bits per heavy atom. The van der Waals surface area contributed by atoms with E-state index in [1.54, 1.807) is 5.57 Å². The summed E-state index contributed by atoms with van der Waals surface area (Å²) in [6.45, 7) is 7.00. The van der Waals surface area contributed by atoms with E-state index in [4.69, 9.17) is 6.42 Å². The van der Waals surface area contributed by atoms with E-state index in [0.29, 0.717) is 17.8 Å². The minimum Gasteiger partial charge on any atom is -0.393 e. The van der Waals surface area contributed by atoms with Crippen molar-refractivity contribution in [1.29, 1.82) is 0 Å². The third-order valence-electron chi connectivity index (χ3n) is 9.60. The maximum Gasteiger partial charge on any atom is 0.0662 e. The molecule has 0 aliphatic heterocycles. The molecular weight excluding hydrogens is 332 g/mol. The summed E-state index contributed by atoms with van der Waals surface area (Å²) in [6, 6.07) is 0. The summed E-state index contributed by atoms with van der Waals surface area (Å²) in [6.07, 6.45) is 18.4. The SMILES string of the molecule is C#CCCC(C)(O)C1CCC2C3CC=C4CC(O)CCC4(C)C3CCC21C. The van der Waals surface area contributed by atoms with E-state index in [2.05, 4.69) is 25.8 Å². The number of aliphatic hydroxyl groups is 2.